The van der Waals surface area contributed by atoms with Crippen LogP contribution in [0.3, 0.4) is 0 Å². The van der Waals surface area contributed by atoms with Crippen LogP contribution in [0.1, 0.15) is 64.0 Å². The van der Waals surface area contributed by atoms with Crippen LogP contribution in [0.15, 0.2) is 89.3 Å². The van der Waals surface area contributed by atoms with Gasteiger partial charge >= 0.3 is 6.09 Å². The summed E-state index contributed by atoms with van der Waals surface area (Å²) < 4.78 is 22.2. The first-order chi connectivity index (χ1) is 24.1. The van der Waals surface area contributed by atoms with Gasteiger partial charge in [-0.2, -0.15) is 0 Å². The third kappa shape index (κ3) is 15.0. The van der Waals surface area contributed by atoms with Crippen LogP contribution >= 0.6 is 11.6 Å². The van der Waals surface area contributed by atoms with Gasteiger partial charge in [-0.1, -0.05) is 78.3 Å². The van der Waals surface area contributed by atoms with Crippen molar-refractivity contribution in [3.05, 3.63) is 107 Å². The maximum absolute atomic E-state index is 12.5. The van der Waals surface area contributed by atoms with Crippen molar-refractivity contribution in [2.45, 2.75) is 77.4 Å². The van der Waals surface area contributed by atoms with E-state index in [1.54, 1.807) is 46.8 Å². The largest absolute Gasteiger partial charge is 0.444 e. The van der Waals surface area contributed by atoms with E-state index in [1.807, 2.05) is 78.2 Å². The minimum atomic E-state index is -0.951. The Morgan fingerprint density at radius 1 is 0.843 bits per heavy atom. The van der Waals surface area contributed by atoms with Gasteiger partial charge in [0.05, 0.1) is 37.9 Å². The Labute approximate surface area is 303 Å². The molecule has 2 amide bonds. The second-order valence-corrected chi connectivity index (χ2v) is 13.6. The van der Waals surface area contributed by atoms with Gasteiger partial charge in [-0.15, -0.1) is 10.2 Å². The lowest BCUT2D eigenvalue weighted by Crippen LogP contribution is -2.52. The lowest BCUT2D eigenvalue weighted by molar-refractivity contribution is -0.125. The Morgan fingerprint density at radius 2 is 1.43 bits per heavy atom. The molecule has 2 atom stereocenters. The zero-order valence-electron chi connectivity index (χ0n) is 29.6. The van der Waals surface area contributed by atoms with Gasteiger partial charge in [-0.3, -0.25) is 15.0 Å². The van der Waals surface area contributed by atoms with E-state index < -0.39 is 35.1 Å². The molecule has 1 heterocycles. The summed E-state index contributed by atoms with van der Waals surface area (Å²) in [7, 11) is 0. The summed E-state index contributed by atoms with van der Waals surface area (Å²) in [5.41, 5.74) is 9.08. The molecule has 1 aromatic heterocycles. The van der Waals surface area contributed by atoms with Gasteiger partial charge in [-0.05, 0) is 63.9 Å². The quantitative estimate of drug-likeness (QED) is 0.0690. The highest BCUT2D eigenvalue weighted by Crippen LogP contribution is 2.27. The first kappa shape index (κ1) is 40.8. The predicted octanol–water partition coefficient (Wildman–Crippen LogP) is 5.47. The number of ketones is 1. The number of nitrogens with one attached hydrogen (secondary N) is 2. The van der Waals surface area contributed by atoms with Gasteiger partial charge in [0.25, 0.3) is 5.91 Å². The smallest absolute Gasteiger partial charge is 0.408 e. The van der Waals surface area contributed by atoms with E-state index in [2.05, 4.69) is 15.5 Å². The fourth-order valence-corrected chi connectivity index (χ4v) is 4.53. The summed E-state index contributed by atoms with van der Waals surface area (Å²) in [5, 5.41) is 11.3. The molecule has 0 saturated heterocycles. The van der Waals surface area contributed by atoms with Crippen LogP contribution in [0.2, 0.25) is 5.02 Å². The van der Waals surface area contributed by atoms with E-state index in [1.165, 1.54) is 0 Å². The zero-order chi connectivity index (χ0) is 37.4. The lowest BCUT2D eigenvalue weighted by atomic mass is 9.92. The molecule has 6 N–H and O–H groups in total. The molecule has 4 rings (SSSR count). The molecule has 0 unspecified atom stereocenters. The number of hydrogen-bond acceptors (Lipinski definition) is 11. The summed E-state index contributed by atoms with van der Waals surface area (Å²) >= 11 is 6.04. The fraction of sp³-hybridized carbons (Fsp3) is 0.378. The summed E-state index contributed by atoms with van der Waals surface area (Å²) in [5.74, 6) is 4.74. The Hall–Kier alpha value is -4.66. The van der Waals surface area contributed by atoms with Crippen LogP contribution in [0.5, 0.6) is 0 Å². The minimum Gasteiger partial charge on any atom is -0.444 e. The number of hydrogen-bond donors (Lipinski definition) is 4. The number of ether oxygens (including phenoxy) is 3. The number of benzene rings is 3. The molecule has 51 heavy (non-hydrogen) atoms. The number of alkyl carbamates (subject to hydrolysis) is 1. The highest BCUT2D eigenvalue weighted by Gasteiger charge is 2.29. The molecule has 274 valence electrons. The molecule has 0 aliphatic carbocycles. The maximum atomic E-state index is 12.5. The standard InChI is InChI=1S/C22H24ClN3O3.C15H23N3O4/c1-22(2,24)19(27)12-17(14-28-13-15-7-4-3-5-8-15)21-26-25-20(29-21)16-9-6-10-18(23)11-16;1-15(2,3)22-14(20)17-12(13(19)18-16)10-21-9-11-7-5-4-6-8-11/h3-11,17H,12-14,24H2,1-2H3;4-8,12H,9-10,16H2,1-3H3,(H,17,20)(H,18,19)/t17-;12-/m11/s1. The Morgan fingerprint density at radius 3 is 1.96 bits per heavy atom. The highest BCUT2D eigenvalue weighted by molar-refractivity contribution is 6.30. The molecule has 14 heteroatoms. The Kier molecular flexibility index (Phi) is 15.7. The van der Waals surface area contributed by atoms with Crippen molar-refractivity contribution in [2.75, 3.05) is 13.2 Å². The van der Waals surface area contributed by atoms with E-state index in [9.17, 15) is 14.4 Å². The third-order valence-electron chi connectivity index (χ3n) is 6.99. The van der Waals surface area contributed by atoms with Crippen molar-refractivity contribution in [3.63, 3.8) is 0 Å². The van der Waals surface area contributed by atoms with Crippen LogP contribution < -0.4 is 22.3 Å². The number of hydrazine groups is 1. The van der Waals surface area contributed by atoms with Crippen LogP contribution in [-0.4, -0.2) is 58.4 Å². The average molecular weight is 723 g/mol. The second kappa shape index (κ2) is 19.7. The maximum Gasteiger partial charge on any atom is 0.408 e. The summed E-state index contributed by atoms with van der Waals surface area (Å²) in [4.78, 5) is 35.9. The zero-order valence-corrected chi connectivity index (χ0v) is 30.3. The molecule has 0 aliphatic heterocycles. The first-order valence-corrected chi connectivity index (χ1v) is 16.7. The lowest BCUT2D eigenvalue weighted by Gasteiger charge is -2.22. The molecule has 0 radical (unpaired) electrons. The van der Waals surface area contributed by atoms with Crippen LogP contribution in [0.25, 0.3) is 11.5 Å². The SMILES string of the molecule is CC(C)(C)OC(=O)N[C@H](COCc1ccccc1)C(=O)NN.CC(C)(N)C(=O)C[C@H](COCc1ccccc1)c1nnc(-c2cccc(Cl)c2)o1. The van der Waals surface area contributed by atoms with Crippen molar-refractivity contribution in [3.8, 4) is 11.5 Å². The molecule has 4 aromatic rings. The number of amides is 2. The number of Topliss-reactive ketones (excluding diaryl/α,β-unsaturated/α-hetero) is 1. The number of carbonyl (C=O) groups excluding carboxylic acids is 3. The van der Waals surface area contributed by atoms with E-state index in [0.29, 0.717) is 35.6 Å². The van der Waals surface area contributed by atoms with Gasteiger partial charge in [-0.25, -0.2) is 10.6 Å². The first-order valence-electron chi connectivity index (χ1n) is 16.3. The van der Waals surface area contributed by atoms with E-state index in [4.69, 9.17) is 41.8 Å². The van der Waals surface area contributed by atoms with Crippen molar-refractivity contribution in [1.29, 1.82) is 0 Å². The van der Waals surface area contributed by atoms with Crippen molar-refractivity contribution < 1.29 is 33.0 Å². The number of aromatic nitrogens is 2. The van der Waals surface area contributed by atoms with Crippen LogP contribution in [0.4, 0.5) is 4.79 Å². The molecule has 0 fully saturated rings. The van der Waals surface area contributed by atoms with Crippen molar-refractivity contribution in [2.24, 2.45) is 11.6 Å². The molecule has 13 nitrogen and oxygen atoms in total. The summed E-state index contributed by atoms with van der Waals surface area (Å²) in [6.07, 6.45) is -0.556. The van der Waals surface area contributed by atoms with Gasteiger partial charge < -0.3 is 29.7 Å². The fourth-order valence-electron chi connectivity index (χ4n) is 4.34. The number of nitrogens with two attached hydrogens (primary N) is 2. The molecule has 3 aromatic carbocycles. The van der Waals surface area contributed by atoms with Gasteiger partial charge in [0.2, 0.25) is 11.8 Å². The van der Waals surface area contributed by atoms with Crippen molar-refractivity contribution >= 4 is 29.4 Å². The second-order valence-electron chi connectivity index (χ2n) is 13.2. The Balaban J connectivity index is 0.000000287. The minimum absolute atomic E-state index is 0.0167. The summed E-state index contributed by atoms with van der Waals surface area (Å²) in [6.45, 7) is 9.55. The van der Waals surface area contributed by atoms with E-state index >= 15 is 0 Å². The van der Waals surface area contributed by atoms with Crippen LogP contribution in [-0.2, 0) is 37.0 Å². The topological polar surface area (TPSA) is 194 Å². The predicted molar refractivity (Wildman–Crippen MR) is 193 cm³/mol. The van der Waals surface area contributed by atoms with Gasteiger partial charge in [0.1, 0.15) is 11.6 Å². The molecular weight excluding hydrogens is 676 g/mol. The van der Waals surface area contributed by atoms with Gasteiger partial charge in [0, 0.05) is 17.0 Å². The molecule has 0 aliphatic rings. The number of halogens is 1. The molecule has 0 bridgehead atoms. The Bertz CT molecular complexity index is 1670. The summed E-state index contributed by atoms with van der Waals surface area (Å²) in [6, 6.07) is 25.5. The van der Waals surface area contributed by atoms with Crippen molar-refractivity contribution in [1.82, 2.24) is 20.9 Å². The highest BCUT2D eigenvalue weighted by atomic mass is 35.5. The van der Waals surface area contributed by atoms with E-state index in [0.717, 1.165) is 11.1 Å². The number of nitrogens with zero attached hydrogens (tertiary/aromatic N) is 2. The van der Waals surface area contributed by atoms with E-state index in [-0.39, 0.29) is 25.4 Å². The number of rotatable bonds is 15. The van der Waals surface area contributed by atoms with Crippen LogP contribution in [0, 0.1) is 0 Å². The number of carbonyl (C=O) groups is 3. The third-order valence-corrected chi connectivity index (χ3v) is 7.22. The molecule has 0 spiro atoms. The molecular formula is C37H47ClN6O7. The average Bonchev–Trinajstić information content (AvgIpc) is 3.57. The normalized spacial score (nSPS) is 12.5. The molecule has 0 saturated carbocycles. The van der Waals surface area contributed by atoms with Gasteiger partial charge in [0.15, 0.2) is 5.78 Å². The monoisotopic (exact) mass is 722 g/mol.